The number of nitrogens with zero attached hydrogens (tertiary/aromatic N) is 2. The average molecular weight is 537 g/mol. The van der Waals surface area contributed by atoms with Crippen molar-refractivity contribution < 1.29 is 34.4 Å². The van der Waals surface area contributed by atoms with Crippen molar-refractivity contribution in [3.63, 3.8) is 0 Å². The van der Waals surface area contributed by atoms with E-state index < -0.39 is 47.0 Å². The fraction of sp³-hybridized carbons (Fsp3) is 0.524. The molecular weight excluding hydrogens is 513 g/mol. The number of rotatable bonds is 7. The molecule has 5 atom stereocenters. The summed E-state index contributed by atoms with van der Waals surface area (Å²) in [5.41, 5.74) is -5.67. The Morgan fingerprint density at radius 3 is 2.12 bits per heavy atom. The predicted octanol–water partition coefficient (Wildman–Crippen LogP) is 2.30. The molecule has 0 bridgehead atoms. The van der Waals surface area contributed by atoms with Crippen LogP contribution in [0.2, 0.25) is 15.1 Å². The number of imidazole rings is 1. The van der Waals surface area contributed by atoms with Crippen LogP contribution in [0.4, 0.5) is 5.95 Å². The van der Waals surface area contributed by atoms with Gasteiger partial charge in [0, 0.05) is 6.04 Å². The Hall–Kier alpha value is -1.79. The Kier molecular flexibility index (Phi) is 7.11. The first-order valence-corrected chi connectivity index (χ1v) is 11.4. The zero-order chi connectivity index (χ0) is 25.9. The fourth-order valence-electron chi connectivity index (χ4n) is 4.15. The number of carbonyl (C=O) groups is 3. The van der Waals surface area contributed by atoms with E-state index in [1.165, 1.54) is 10.6 Å². The third kappa shape index (κ3) is 3.72. The molecule has 1 aromatic heterocycles. The number of carbonyl (C=O) groups excluding carboxylic acids is 3. The van der Waals surface area contributed by atoms with Crippen molar-refractivity contribution in [1.82, 2.24) is 9.55 Å². The van der Waals surface area contributed by atoms with E-state index in [0.29, 0.717) is 0 Å². The highest BCUT2D eigenvalue weighted by Crippen LogP contribution is 2.51. The van der Waals surface area contributed by atoms with Crippen molar-refractivity contribution >= 4 is 69.1 Å². The van der Waals surface area contributed by atoms with Crippen molar-refractivity contribution in [2.45, 2.75) is 70.3 Å². The molecule has 1 fully saturated rings. The number of benzene rings is 1. The average Bonchev–Trinajstić information content (AvgIpc) is 3.19. The molecule has 3 rings (SSSR count). The first-order chi connectivity index (χ1) is 15.6. The number of anilines is 1. The van der Waals surface area contributed by atoms with Gasteiger partial charge in [-0.3, -0.25) is 19.0 Å². The number of hydrogen-bond donors (Lipinski definition) is 4. The minimum Gasteiger partial charge on any atom is -0.382 e. The molecule has 2 heterocycles. The Labute approximate surface area is 209 Å². The number of aromatic nitrogens is 2. The zero-order valence-electron chi connectivity index (χ0n) is 18.9. The van der Waals surface area contributed by atoms with E-state index in [0.717, 1.165) is 20.8 Å². The number of nitrogens with one attached hydrogen (secondary N) is 1. The summed E-state index contributed by atoms with van der Waals surface area (Å²) in [5.74, 6) is -2.99. The van der Waals surface area contributed by atoms with Crippen LogP contribution in [0.25, 0.3) is 11.0 Å². The molecule has 1 aliphatic rings. The molecule has 34 heavy (non-hydrogen) atoms. The van der Waals surface area contributed by atoms with Crippen LogP contribution in [-0.2, 0) is 19.1 Å². The lowest BCUT2D eigenvalue weighted by Crippen LogP contribution is -2.67. The highest BCUT2D eigenvalue weighted by molar-refractivity contribution is 6.50. The number of ketones is 3. The van der Waals surface area contributed by atoms with Crippen LogP contribution >= 0.6 is 34.8 Å². The first kappa shape index (κ1) is 26.8. The van der Waals surface area contributed by atoms with E-state index in [-0.39, 0.29) is 38.1 Å². The van der Waals surface area contributed by atoms with Gasteiger partial charge in [0.2, 0.25) is 11.5 Å². The summed E-state index contributed by atoms with van der Waals surface area (Å²) in [7, 11) is 0. The number of hydrogen-bond acceptors (Lipinski definition) is 9. The van der Waals surface area contributed by atoms with Crippen LogP contribution in [0.5, 0.6) is 0 Å². The second kappa shape index (κ2) is 9.02. The van der Waals surface area contributed by atoms with Gasteiger partial charge in [0.15, 0.2) is 29.2 Å². The summed E-state index contributed by atoms with van der Waals surface area (Å²) in [4.78, 5) is 41.9. The maximum atomic E-state index is 12.9. The quantitative estimate of drug-likeness (QED) is 0.391. The number of halogens is 3. The van der Waals surface area contributed by atoms with Gasteiger partial charge in [-0.05, 0) is 40.7 Å². The molecule has 0 aliphatic carbocycles. The largest absolute Gasteiger partial charge is 0.382 e. The van der Waals surface area contributed by atoms with Crippen molar-refractivity contribution in [3.8, 4) is 0 Å². The molecule has 186 valence electrons. The molecule has 1 unspecified atom stereocenters. The van der Waals surface area contributed by atoms with Gasteiger partial charge in [-0.2, -0.15) is 0 Å². The van der Waals surface area contributed by atoms with Gasteiger partial charge in [0.1, 0.15) is 17.7 Å². The molecule has 1 aromatic carbocycles. The number of fused-ring (bicyclic) bond motifs is 1. The normalized spacial score (nSPS) is 27.9. The van der Waals surface area contributed by atoms with Gasteiger partial charge in [-0.1, -0.05) is 34.8 Å². The number of aliphatic hydroxyl groups excluding tert-OH is 1. The van der Waals surface area contributed by atoms with Crippen LogP contribution in [0.15, 0.2) is 6.07 Å². The molecule has 10 nitrogen and oxygen atoms in total. The van der Waals surface area contributed by atoms with Gasteiger partial charge in [0.05, 0.1) is 20.6 Å². The summed E-state index contributed by atoms with van der Waals surface area (Å²) in [6, 6.07) is 1.13. The van der Waals surface area contributed by atoms with E-state index in [2.05, 4.69) is 10.3 Å². The Bertz CT molecular complexity index is 1200. The molecule has 0 saturated carbocycles. The summed E-state index contributed by atoms with van der Waals surface area (Å²) < 4.78 is 6.96. The van der Waals surface area contributed by atoms with E-state index in [9.17, 15) is 29.7 Å². The topological polar surface area (TPSA) is 151 Å². The SMILES string of the molecule is CC(=O)C(O)[C@H]1O[C@@H](n2c(NC(C)C)nc3c(Cl)c(Cl)c(Cl)cc32)[C@@](O)(C(C)=O)[C@@]1(O)C(C)=O. The summed E-state index contributed by atoms with van der Waals surface area (Å²) in [6.45, 7) is 6.43. The molecule has 0 spiro atoms. The fourth-order valence-corrected chi connectivity index (χ4v) is 4.78. The minimum absolute atomic E-state index is 0.0101. The van der Waals surface area contributed by atoms with Crippen molar-refractivity contribution in [3.05, 3.63) is 21.1 Å². The van der Waals surface area contributed by atoms with E-state index in [1.54, 1.807) is 13.8 Å². The molecule has 0 amide bonds. The van der Waals surface area contributed by atoms with Crippen LogP contribution < -0.4 is 5.32 Å². The predicted molar refractivity (Wildman–Crippen MR) is 125 cm³/mol. The maximum absolute atomic E-state index is 12.9. The Balaban J connectivity index is 2.43. The summed E-state index contributed by atoms with van der Waals surface area (Å²) in [5, 5.41) is 36.6. The van der Waals surface area contributed by atoms with Gasteiger partial charge in [0.25, 0.3) is 0 Å². The lowest BCUT2D eigenvalue weighted by Gasteiger charge is -2.38. The van der Waals surface area contributed by atoms with Crippen LogP contribution in [0.1, 0.15) is 40.8 Å². The molecule has 0 radical (unpaired) electrons. The number of ether oxygens (including phenoxy) is 1. The van der Waals surface area contributed by atoms with Crippen LogP contribution in [0, 0.1) is 0 Å². The first-order valence-electron chi connectivity index (χ1n) is 10.2. The third-order valence-electron chi connectivity index (χ3n) is 5.88. The maximum Gasteiger partial charge on any atom is 0.206 e. The Morgan fingerprint density at radius 1 is 1.09 bits per heavy atom. The molecule has 13 heteroatoms. The zero-order valence-corrected chi connectivity index (χ0v) is 21.2. The highest BCUT2D eigenvalue weighted by atomic mass is 35.5. The van der Waals surface area contributed by atoms with Gasteiger partial charge < -0.3 is 25.4 Å². The highest BCUT2D eigenvalue weighted by Gasteiger charge is 2.73. The van der Waals surface area contributed by atoms with Gasteiger partial charge in [-0.15, -0.1) is 0 Å². The van der Waals surface area contributed by atoms with E-state index in [1.807, 2.05) is 0 Å². The summed E-state index contributed by atoms with van der Waals surface area (Å²) in [6.07, 6.45) is -5.86. The van der Waals surface area contributed by atoms with E-state index in [4.69, 9.17) is 39.5 Å². The minimum atomic E-state index is -2.99. The molecule has 1 aliphatic heterocycles. The number of Topliss-reactive ketones (excluding diaryl/α,β-unsaturated/α-hetero) is 3. The Morgan fingerprint density at radius 2 is 1.65 bits per heavy atom. The standard InChI is InChI=1S/C21H24Cl3N3O7/c1-7(2)25-19-26-15-12(6-11(22)13(23)14(15)24)27(19)18-21(33,10(5)30)20(32,9(4)29)17(34-18)16(31)8(3)28/h6-7,16-18,31-33H,1-5H3,(H,25,26)/t16?,17-,18-,20-,21+/m1/s1. The van der Waals surface area contributed by atoms with Crippen LogP contribution in [-0.4, -0.2) is 71.7 Å². The third-order valence-corrected chi connectivity index (χ3v) is 7.13. The molecule has 2 aromatic rings. The van der Waals surface area contributed by atoms with Crippen molar-refractivity contribution in [2.75, 3.05) is 5.32 Å². The summed E-state index contributed by atoms with van der Waals surface area (Å²) >= 11 is 18.7. The number of aliphatic hydroxyl groups is 3. The molecular formula is C21H24Cl3N3O7. The second-order valence-corrected chi connectivity index (χ2v) is 9.73. The van der Waals surface area contributed by atoms with Gasteiger partial charge in [-0.25, -0.2) is 4.98 Å². The van der Waals surface area contributed by atoms with Gasteiger partial charge >= 0.3 is 0 Å². The smallest absolute Gasteiger partial charge is 0.206 e. The molecule has 4 N–H and O–H groups in total. The second-order valence-electron chi connectivity index (χ2n) is 8.57. The van der Waals surface area contributed by atoms with Crippen LogP contribution in [0.3, 0.4) is 0 Å². The lowest BCUT2D eigenvalue weighted by atomic mass is 9.73. The van der Waals surface area contributed by atoms with Crippen molar-refractivity contribution in [1.29, 1.82) is 0 Å². The lowest BCUT2D eigenvalue weighted by molar-refractivity contribution is -0.183. The molecule has 1 saturated heterocycles. The van der Waals surface area contributed by atoms with Crippen molar-refractivity contribution in [2.24, 2.45) is 0 Å². The van der Waals surface area contributed by atoms with E-state index >= 15 is 0 Å². The monoisotopic (exact) mass is 535 g/mol.